The number of amides is 1. The molecule has 3 rings (SSSR count). The maximum Gasteiger partial charge on any atom is 0.388 e. The Balaban J connectivity index is 1.67. The molecule has 0 aliphatic carbocycles. The zero-order valence-electron chi connectivity index (χ0n) is 14.9. The monoisotopic (exact) mass is 420 g/mol. The van der Waals surface area contributed by atoms with Gasteiger partial charge in [-0.05, 0) is 29.8 Å². The van der Waals surface area contributed by atoms with Crippen molar-refractivity contribution in [2.24, 2.45) is 0 Å². The molecule has 2 aromatic heterocycles. The first kappa shape index (κ1) is 20.4. The average Bonchev–Trinajstić information content (AvgIpc) is 2.69. The van der Waals surface area contributed by atoms with E-state index in [2.05, 4.69) is 20.1 Å². The second-order valence-corrected chi connectivity index (χ2v) is 6.32. The Morgan fingerprint density at radius 1 is 1.14 bits per heavy atom. The van der Waals surface area contributed by atoms with E-state index in [9.17, 15) is 18.4 Å². The van der Waals surface area contributed by atoms with Gasteiger partial charge in [0.1, 0.15) is 6.54 Å². The summed E-state index contributed by atoms with van der Waals surface area (Å²) in [6.07, 6.45) is 1.29. The molecule has 3 aromatic rings. The summed E-state index contributed by atoms with van der Waals surface area (Å²) in [5.41, 5.74) is 1.23. The molecule has 0 bridgehead atoms. The van der Waals surface area contributed by atoms with Crippen LogP contribution in [0, 0.1) is 0 Å². The van der Waals surface area contributed by atoms with Crippen molar-refractivity contribution in [1.29, 1.82) is 0 Å². The van der Waals surface area contributed by atoms with E-state index in [4.69, 9.17) is 11.6 Å². The van der Waals surface area contributed by atoms with Gasteiger partial charge in [0.25, 0.3) is 5.56 Å². The van der Waals surface area contributed by atoms with Crippen LogP contribution in [-0.2, 0) is 17.9 Å². The van der Waals surface area contributed by atoms with E-state index in [1.165, 1.54) is 30.5 Å². The van der Waals surface area contributed by atoms with Gasteiger partial charge in [-0.1, -0.05) is 23.7 Å². The number of pyridine rings is 1. The molecule has 0 aliphatic rings. The Bertz CT molecular complexity index is 1040. The van der Waals surface area contributed by atoms with Crippen molar-refractivity contribution in [3.63, 3.8) is 0 Å². The van der Waals surface area contributed by atoms with Crippen molar-refractivity contribution in [1.82, 2.24) is 20.1 Å². The van der Waals surface area contributed by atoms with Gasteiger partial charge in [-0.3, -0.25) is 9.59 Å². The number of halogens is 3. The first-order chi connectivity index (χ1) is 13.9. The van der Waals surface area contributed by atoms with Crippen molar-refractivity contribution in [3.05, 3.63) is 75.7 Å². The summed E-state index contributed by atoms with van der Waals surface area (Å²) < 4.78 is 29.6. The molecule has 0 saturated carbocycles. The highest BCUT2D eigenvalue weighted by Gasteiger charge is 2.10. The Morgan fingerprint density at radius 3 is 2.55 bits per heavy atom. The smallest absolute Gasteiger partial charge is 0.388 e. The number of carbonyl (C=O) groups is 1. The molecule has 0 atom stereocenters. The van der Waals surface area contributed by atoms with Crippen LogP contribution in [0.4, 0.5) is 8.78 Å². The zero-order valence-corrected chi connectivity index (χ0v) is 15.6. The molecule has 2 heterocycles. The molecule has 29 heavy (non-hydrogen) atoms. The van der Waals surface area contributed by atoms with E-state index >= 15 is 0 Å². The molecule has 0 saturated heterocycles. The fraction of sp³-hybridized carbons (Fsp3) is 0.158. The van der Waals surface area contributed by atoms with Gasteiger partial charge >= 0.3 is 6.61 Å². The van der Waals surface area contributed by atoms with Crippen molar-refractivity contribution in [2.45, 2.75) is 19.7 Å². The Hall–Kier alpha value is -3.33. The van der Waals surface area contributed by atoms with Gasteiger partial charge in [0.2, 0.25) is 11.8 Å². The fourth-order valence-electron chi connectivity index (χ4n) is 2.40. The third-order valence-electron chi connectivity index (χ3n) is 3.80. The molecule has 0 radical (unpaired) electrons. The summed E-state index contributed by atoms with van der Waals surface area (Å²) in [6, 6.07) is 12.4. The molecule has 7 nitrogen and oxygen atoms in total. The van der Waals surface area contributed by atoms with Crippen LogP contribution in [0.15, 0.2) is 59.5 Å². The highest BCUT2D eigenvalue weighted by Crippen LogP contribution is 2.18. The highest BCUT2D eigenvalue weighted by atomic mass is 35.5. The van der Waals surface area contributed by atoms with Crippen LogP contribution in [0.2, 0.25) is 5.02 Å². The number of hydrogen-bond donors (Lipinski definition) is 1. The molecule has 0 fully saturated rings. The lowest BCUT2D eigenvalue weighted by molar-refractivity contribution is -0.122. The summed E-state index contributed by atoms with van der Waals surface area (Å²) in [5, 5.41) is 7.43. The van der Waals surface area contributed by atoms with E-state index in [-0.39, 0.29) is 19.0 Å². The summed E-state index contributed by atoms with van der Waals surface area (Å²) in [4.78, 5) is 27.9. The number of nitrogens with one attached hydrogen (secondary N) is 1. The largest absolute Gasteiger partial charge is 0.417 e. The van der Waals surface area contributed by atoms with Crippen LogP contribution in [0.1, 0.15) is 5.56 Å². The second kappa shape index (κ2) is 9.24. The topological polar surface area (TPSA) is 86.1 Å². The van der Waals surface area contributed by atoms with Gasteiger partial charge in [-0.2, -0.15) is 13.9 Å². The first-order valence-electron chi connectivity index (χ1n) is 8.41. The van der Waals surface area contributed by atoms with Crippen molar-refractivity contribution in [2.75, 3.05) is 0 Å². The van der Waals surface area contributed by atoms with Gasteiger partial charge in [-0.25, -0.2) is 9.67 Å². The molecule has 1 N–H and O–H groups in total. The van der Waals surface area contributed by atoms with Gasteiger partial charge in [-0.15, -0.1) is 0 Å². The SMILES string of the molecule is O=C(Cn1nc(-c2ccc(OC(F)F)nc2)ccc1=O)NCc1ccc(Cl)cc1. The minimum absolute atomic E-state index is 0.237. The highest BCUT2D eigenvalue weighted by molar-refractivity contribution is 6.30. The maximum absolute atomic E-state index is 12.2. The quantitative estimate of drug-likeness (QED) is 0.635. The summed E-state index contributed by atoms with van der Waals surface area (Å²) >= 11 is 5.82. The third kappa shape index (κ3) is 5.82. The third-order valence-corrected chi connectivity index (χ3v) is 4.06. The number of carbonyl (C=O) groups excluding carboxylic acids is 1. The van der Waals surface area contributed by atoms with Crippen LogP contribution in [-0.4, -0.2) is 27.3 Å². The number of benzene rings is 1. The van der Waals surface area contributed by atoms with E-state index in [1.807, 2.05) is 0 Å². The predicted octanol–water partition coefficient (Wildman–Crippen LogP) is 2.88. The van der Waals surface area contributed by atoms with E-state index in [0.717, 1.165) is 10.2 Å². The van der Waals surface area contributed by atoms with Gasteiger partial charge in [0.05, 0.1) is 5.69 Å². The number of hydrogen-bond acceptors (Lipinski definition) is 5. The molecular formula is C19H15ClF2N4O3. The van der Waals surface area contributed by atoms with Crippen LogP contribution in [0.5, 0.6) is 5.88 Å². The molecule has 0 aliphatic heterocycles. The summed E-state index contributed by atoms with van der Waals surface area (Å²) in [5.74, 6) is -0.635. The minimum atomic E-state index is -2.97. The Morgan fingerprint density at radius 2 is 1.90 bits per heavy atom. The molecule has 1 amide bonds. The first-order valence-corrected chi connectivity index (χ1v) is 8.79. The van der Waals surface area contributed by atoms with Crippen LogP contribution in [0.3, 0.4) is 0 Å². The lowest BCUT2D eigenvalue weighted by Crippen LogP contribution is -2.33. The predicted molar refractivity (Wildman–Crippen MR) is 102 cm³/mol. The van der Waals surface area contributed by atoms with Crippen molar-refractivity contribution in [3.8, 4) is 17.1 Å². The normalized spacial score (nSPS) is 10.8. The van der Waals surface area contributed by atoms with Gasteiger partial charge in [0, 0.05) is 35.5 Å². The van der Waals surface area contributed by atoms with Gasteiger partial charge in [0.15, 0.2) is 0 Å². The Labute approximate surface area is 168 Å². The number of aromatic nitrogens is 3. The fourth-order valence-corrected chi connectivity index (χ4v) is 2.53. The lowest BCUT2D eigenvalue weighted by Gasteiger charge is -2.09. The summed E-state index contributed by atoms with van der Waals surface area (Å²) in [7, 11) is 0. The summed E-state index contributed by atoms with van der Waals surface area (Å²) in [6.45, 7) is -2.97. The Kier molecular flexibility index (Phi) is 6.50. The lowest BCUT2D eigenvalue weighted by atomic mass is 10.2. The minimum Gasteiger partial charge on any atom is -0.417 e. The van der Waals surface area contributed by atoms with Crippen LogP contribution in [0.25, 0.3) is 11.3 Å². The van der Waals surface area contributed by atoms with Crippen LogP contribution < -0.4 is 15.6 Å². The number of alkyl halides is 2. The van der Waals surface area contributed by atoms with E-state index < -0.39 is 18.1 Å². The molecule has 1 aromatic carbocycles. The van der Waals surface area contributed by atoms with Crippen LogP contribution >= 0.6 is 11.6 Å². The van der Waals surface area contributed by atoms with Gasteiger partial charge < -0.3 is 10.1 Å². The average molecular weight is 421 g/mol. The van der Waals surface area contributed by atoms with E-state index in [1.54, 1.807) is 24.3 Å². The van der Waals surface area contributed by atoms with E-state index in [0.29, 0.717) is 16.3 Å². The van der Waals surface area contributed by atoms with Crippen molar-refractivity contribution < 1.29 is 18.3 Å². The standard InChI is InChI=1S/C19H15ClF2N4O3/c20-14-4-1-12(2-5-14)9-23-16(27)11-26-18(28)8-6-15(25-26)13-3-7-17(24-10-13)29-19(21)22/h1-8,10,19H,9,11H2,(H,23,27). The molecule has 10 heteroatoms. The maximum atomic E-state index is 12.2. The number of rotatable bonds is 7. The van der Waals surface area contributed by atoms with Crippen molar-refractivity contribution >= 4 is 17.5 Å². The molecule has 0 spiro atoms. The molecule has 150 valence electrons. The zero-order chi connectivity index (χ0) is 20.8. The molecular weight excluding hydrogens is 406 g/mol. The second-order valence-electron chi connectivity index (χ2n) is 5.88. The number of ether oxygens (including phenoxy) is 1. The molecule has 0 unspecified atom stereocenters. The number of nitrogens with zero attached hydrogens (tertiary/aromatic N) is 3.